The Kier molecular flexibility index (Phi) is 6.78. The fourth-order valence-electron chi connectivity index (χ4n) is 4.38. The molecule has 0 spiro atoms. The van der Waals surface area contributed by atoms with Gasteiger partial charge >= 0.3 is 0 Å². The van der Waals surface area contributed by atoms with Crippen molar-refractivity contribution in [2.45, 2.75) is 40.5 Å². The number of carbonyl (C=O) groups excluding carboxylic acids is 2. The number of amides is 2. The van der Waals surface area contributed by atoms with Gasteiger partial charge in [-0.2, -0.15) is 0 Å². The molecule has 1 fully saturated rings. The van der Waals surface area contributed by atoms with Crippen molar-refractivity contribution in [3.63, 3.8) is 0 Å². The number of benzene rings is 1. The monoisotopic (exact) mass is 412 g/mol. The van der Waals surface area contributed by atoms with E-state index in [0.717, 1.165) is 6.42 Å². The molecule has 4 nitrogen and oxygen atoms in total. The molecule has 0 aliphatic carbocycles. The lowest BCUT2D eigenvalue weighted by atomic mass is 9.78. The molecule has 2 heterocycles. The van der Waals surface area contributed by atoms with Crippen LogP contribution in [0.5, 0.6) is 0 Å². The third-order valence-electron chi connectivity index (χ3n) is 6.00. The number of carbonyl (C=O) groups is 2. The number of hydrogen-bond acceptors (Lipinski definition) is 3. The average molecular weight is 413 g/mol. The Bertz CT molecular complexity index is 842. The Morgan fingerprint density at radius 1 is 1.14 bits per heavy atom. The molecule has 1 saturated heterocycles. The molecule has 156 valence electrons. The highest BCUT2D eigenvalue weighted by molar-refractivity contribution is 7.13. The van der Waals surface area contributed by atoms with E-state index in [9.17, 15) is 9.59 Å². The number of thiophene rings is 1. The van der Waals surface area contributed by atoms with E-state index in [2.05, 4.69) is 35.7 Å². The zero-order valence-electron chi connectivity index (χ0n) is 18.0. The van der Waals surface area contributed by atoms with E-state index in [0.29, 0.717) is 32.6 Å². The molecular formula is C24H32N2O2S. The van der Waals surface area contributed by atoms with E-state index in [-0.39, 0.29) is 17.7 Å². The number of nitrogens with zero attached hydrogens (tertiary/aromatic N) is 2. The molecule has 0 N–H and O–H groups in total. The molecule has 5 heteroatoms. The van der Waals surface area contributed by atoms with Crippen LogP contribution in [0.3, 0.4) is 0 Å². The van der Waals surface area contributed by atoms with Gasteiger partial charge in [-0.05, 0) is 49.3 Å². The SMILES string of the molecule is CCN(CC)C(=O)C1(Cc2ccccc2-c2cccs2)CCN(C(=O)C(C)C)C1. The normalized spacial score (nSPS) is 19.0. The molecule has 1 unspecified atom stereocenters. The summed E-state index contributed by atoms with van der Waals surface area (Å²) in [5, 5.41) is 2.08. The summed E-state index contributed by atoms with van der Waals surface area (Å²) in [7, 11) is 0. The van der Waals surface area contributed by atoms with E-state index < -0.39 is 5.41 Å². The first-order valence-electron chi connectivity index (χ1n) is 10.6. The van der Waals surface area contributed by atoms with Crippen LogP contribution in [0.25, 0.3) is 10.4 Å². The second-order valence-corrected chi connectivity index (χ2v) is 9.18. The number of likely N-dealkylation sites (tertiary alicyclic amines) is 1. The molecule has 1 aromatic carbocycles. The van der Waals surface area contributed by atoms with Gasteiger partial charge in [-0.15, -0.1) is 11.3 Å². The first kappa shape index (κ1) is 21.6. The summed E-state index contributed by atoms with van der Waals surface area (Å²) in [6.45, 7) is 10.5. The zero-order valence-corrected chi connectivity index (χ0v) is 18.8. The van der Waals surface area contributed by atoms with Gasteiger partial charge in [-0.25, -0.2) is 0 Å². The minimum Gasteiger partial charge on any atom is -0.343 e. The Morgan fingerprint density at radius 3 is 2.48 bits per heavy atom. The van der Waals surface area contributed by atoms with Crippen LogP contribution in [0, 0.1) is 11.3 Å². The lowest BCUT2D eigenvalue weighted by Gasteiger charge is -2.34. The standard InChI is InChI=1S/C24H32N2O2S/c1-5-25(6-2)23(28)24(13-14-26(17-24)22(27)18(3)4)16-19-10-7-8-11-20(19)21-12-9-15-29-21/h7-12,15,18H,5-6,13-14,16-17H2,1-4H3. The van der Waals surface area contributed by atoms with Gasteiger partial charge in [0.1, 0.15) is 0 Å². The molecule has 0 radical (unpaired) electrons. The van der Waals surface area contributed by atoms with Crippen molar-refractivity contribution >= 4 is 23.2 Å². The fraction of sp³-hybridized carbons (Fsp3) is 0.500. The smallest absolute Gasteiger partial charge is 0.230 e. The maximum absolute atomic E-state index is 13.7. The first-order valence-corrected chi connectivity index (χ1v) is 11.5. The molecule has 1 aliphatic rings. The van der Waals surface area contributed by atoms with Crippen LogP contribution >= 0.6 is 11.3 Å². The highest BCUT2D eigenvalue weighted by Crippen LogP contribution is 2.40. The van der Waals surface area contributed by atoms with Gasteiger partial charge in [0.05, 0.1) is 5.41 Å². The van der Waals surface area contributed by atoms with Crippen molar-refractivity contribution in [3.05, 3.63) is 47.3 Å². The number of rotatable bonds is 7. The van der Waals surface area contributed by atoms with E-state index in [1.807, 2.05) is 43.6 Å². The van der Waals surface area contributed by atoms with Gasteiger partial charge in [0.15, 0.2) is 0 Å². The molecule has 2 amide bonds. The first-order chi connectivity index (χ1) is 13.9. The summed E-state index contributed by atoms with van der Waals surface area (Å²) < 4.78 is 0. The van der Waals surface area contributed by atoms with Crippen molar-refractivity contribution in [1.82, 2.24) is 9.80 Å². The zero-order chi connectivity index (χ0) is 21.0. The number of hydrogen-bond donors (Lipinski definition) is 0. The third kappa shape index (κ3) is 4.40. The molecule has 2 aromatic rings. The summed E-state index contributed by atoms with van der Waals surface area (Å²) in [6, 6.07) is 12.6. The summed E-state index contributed by atoms with van der Waals surface area (Å²) in [6.07, 6.45) is 1.39. The van der Waals surface area contributed by atoms with Gasteiger partial charge in [-0.3, -0.25) is 9.59 Å². The second-order valence-electron chi connectivity index (χ2n) is 8.23. The average Bonchev–Trinajstić information content (AvgIpc) is 3.39. The fourth-order valence-corrected chi connectivity index (χ4v) is 5.16. The summed E-state index contributed by atoms with van der Waals surface area (Å²) in [5.74, 6) is 0.279. The third-order valence-corrected chi connectivity index (χ3v) is 6.90. The molecule has 1 aromatic heterocycles. The molecule has 0 saturated carbocycles. The van der Waals surface area contributed by atoms with Gasteiger partial charge in [0.2, 0.25) is 11.8 Å². The van der Waals surface area contributed by atoms with Gasteiger partial charge in [-0.1, -0.05) is 44.2 Å². The van der Waals surface area contributed by atoms with Gasteiger partial charge < -0.3 is 9.80 Å². The highest BCUT2D eigenvalue weighted by Gasteiger charge is 2.47. The quantitative estimate of drug-likeness (QED) is 0.661. The lowest BCUT2D eigenvalue weighted by Crippen LogP contribution is -2.47. The summed E-state index contributed by atoms with van der Waals surface area (Å²) >= 11 is 1.72. The molecule has 29 heavy (non-hydrogen) atoms. The van der Waals surface area contributed by atoms with Crippen LogP contribution in [0.15, 0.2) is 41.8 Å². The Hall–Kier alpha value is -2.14. The van der Waals surface area contributed by atoms with E-state index >= 15 is 0 Å². The maximum Gasteiger partial charge on any atom is 0.230 e. The predicted molar refractivity (Wildman–Crippen MR) is 120 cm³/mol. The topological polar surface area (TPSA) is 40.6 Å². The second kappa shape index (κ2) is 9.12. The van der Waals surface area contributed by atoms with Gasteiger partial charge in [0.25, 0.3) is 0 Å². The van der Waals surface area contributed by atoms with Crippen LogP contribution in [0.4, 0.5) is 0 Å². The van der Waals surface area contributed by atoms with Crippen LogP contribution in [0.2, 0.25) is 0 Å². The molecule has 1 atom stereocenters. The van der Waals surface area contributed by atoms with Crippen LogP contribution in [0.1, 0.15) is 39.7 Å². The summed E-state index contributed by atoms with van der Waals surface area (Å²) in [4.78, 5) is 31.4. The summed E-state index contributed by atoms with van der Waals surface area (Å²) in [5.41, 5.74) is 1.83. The Labute approximate surface area is 178 Å². The molecule has 0 bridgehead atoms. The minimum absolute atomic E-state index is 0.0484. The lowest BCUT2D eigenvalue weighted by molar-refractivity contribution is -0.142. The van der Waals surface area contributed by atoms with Crippen molar-refractivity contribution in [3.8, 4) is 10.4 Å². The van der Waals surface area contributed by atoms with Crippen molar-refractivity contribution in [2.75, 3.05) is 26.2 Å². The predicted octanol–water partition coefficient (Wildman–Crippen LogP) is 4.70. The highest BCUT2D eigenvalue weighted by atomic mass is 32.1. The van der Waals surface area contributed by atoms with Crippen molar-refractivity contribution in [1.29, 1.82) is 0 Å². The minimum atomic E-state index is -0.552. The van der Waals surface area contributed by atoms with E-state index in [4.69, 9.17) is 0 Å². The van der Waals surface area contributed by atoms with Crippen LogP contribution in [-0.2, 0) is 16.0 Å². The van der Waals surface area contributed by atoms with Crippen molar-refractivity contribution in [2.24, 2.45) is 11.3 Å². The molecule has 1 aliphatic heterocycles. The Balaban J connectivity index is 1.98. The largest absolute Gasteiger partial charge is 0.343 e. The van der Waals surface area contributed by atoms with Crippen molar-refractivity contribution < 1.29 is 9.59 Å². The van der Waals surface area contributed by atoms with Crippen LogP contribution < -0.4 is 0 Å². The molecular weight excluding hydrogens is 380 g/mol. The van der Waals surface area contributed by atoms with E-state index in [1.54, 1.807) is 11.3 Å². The Morgan fingerprint density at radius 2 is 1.86 bits per heavy atom. The molecule has 3 rings (SSSR count). The van der Waals surface area contributed by atoms with Gasteiger partial charge in [0, 0.05) is 37.0 Å². The van der Waals surface area contributed by atoms with Crippen LogP contribution in [-0.4, -0.2) is 47.8 Å². The maximum atomic E-state index is 13.7. The van der Waals surface area contributed by atoms with E-state index in [1.165, 1.54) is 16.0 Å².